The van der Waals surface area contributed by atoms with E-state index in [9.17, 15) is 22.0 Å². The molecular weight excluding hydrogens is 271 g/mol. The normalized spacial score (nSPS) is 12.5. The highest BCUT2D eigenvalue weighted by Crippen LogP contribution is 2.37. The lowest BCUT2D eigenvalue weighted by Gasteiger charge is -2.20. The molecule has 101 valence electrons. The highest BCUT2D eigenvalue weighted by Gasteiger charge is 2.61. The fourth-order valence-electron chi connectivity index (χ4n) is 1.27. The smallest absolute Gasteiger partial charge is 0.426 e. The van der Waals surface area contributed by atoms with Crippen molar-refractivity contribution in [2.75, 3.05) is 0 Å². The van der Waals surface area contributed by atoms with Crippen LogP contribution in [0.5, 0.6) is 5.75 Å². The fourth-order valence-corrected chi connectivity index (χ4v) is 1.27. The van der Waals surface area contributed by atoms with Crippen LogP contribution in [0.2, 0.25) is 0 Å². The number of benzene rings is 1. The lowest BCUT2D eigenvalue weighted by molar-refractivity contribution is -0.360. The quantitative estimate of drug-likeness (QED) is 0.873. The molecule has 0 atom stereocenters. The molecule has 1 aromatic heterocycles. The molecule has 0 saturated heterocycles. The van der Waals surface area contributed by atoms with E-state index in [1.165, 1.54) is 18.3 Å². The number of aromatic nitrogens is 2. The summed E-state index contributed by atoms with van der Waals surface area (Å²) in [5.74, 6) is -0.592. The van der Waals surface area contributed by atoms with Gasteiger partial charge in [-0.25, -0.2) is 4.98 Å². The van der Waals surface area contributed by atoms with E-state index in [2.05, 4.69) is 21.0 Å². The maximum atomic E-state index is 12.6. The van der Waals surface area contributed by atoms with E-state index in [0.717, 1.165) is 12.1 Å². The van der Waals surface area contributed by atoms with E-state index < -0.39 is 18.0 Å². The van der Waals surface area contributed by atoms with E-state index >= 15 is 0 Å². The van der Waals surface area contributed by atoms with Crippen LogP contribution in [0.15, 0.2) is 30.5 Å². The molecule has 1 heterocycles. The third kappa shape index (κ3) is 2.83. The number of ether oxygens (including phenoxy) is 1. The van der Waals surface area contributed by atoms with Crippen molar-refractivity contribution in [3.63, 3.8) is 0 Å². The van der Waals surface area contributed by atoms with Gasteiger partial charge in [-0.05, 0) is 24.3 Å². The highest BCUT2D eigenvalue weighted by atomic mass is 19.4. The minimum absolute atomic E-state index is 0.481. The van der Waals surface area contributed by atoms with Crippen LogP contribution in [-0.4, -0.2) is 22.3 Å². The zero-order chi connectivity index (χ0) is 14.1. The van der Waals surface area contributed by atoms with Crippen molar-refractivity contribution in [3.8, 4) is 17.0 Å². The Labute approximate surface area is 104 Å². The van der Waals surface area contributed by atoms with Crippen LogP contribution in [-0.2, 0) is 0 Å². The number of alkyl halides is 5. The van der Waals surface area contributed by atoms with E-state index in [1.54, 1.807) is 0 Å². The Morgan fingerprint density at radius 2 is 1.68 bits per heavy atom. The first kappa shape index (κ1) is 13.3. The molecule has 0 unspecified atom stereocenters. The van der Waals surface area contributed by atoms with Crippen LogP contribution in [0.3, 0.4) is 0 Å². The number of hydrogen-bond donors (Lipinski definition) is 1. The van der Waals surface area contributed by atoms with Gasteiger partial charge in [0.2, 0.25) is 0 Å². The van der Waals surface area contributed by atoms with Gasteiger partial charge in [-0.1, -0.05) is 0 Å². The summed E-state index contributed by atoms with van der Waals surface area (Å²) in [5, 5.41) is 0. The van der Waals surface area contributed by atoms with Crippen molar-refractivity contribution in [1.29, 1.82) is 0 Å². The number of H-pyrrole nitrogens is 1. The molecule has 0 saturated carbocycles. The van der Waals surface area contributed by atoms with Gasteiger partial charge in [0.15, 0.2) is 6.33 Å². The molecule has 0 aliphatic heterocycles. The van der Waals surface area contributed by atoms with Crippen LogP contribution in [0.4, 0.5) is 22.0 Å². The third-order valence-electron chi connectivity index (χ3n) is 2.18. The summed E-state index contributed by atoms with van der Waals surface area (Å²) in [4.78, 5) is 6.35. The average Bonchev–Trinajstić information content (AvgIpc) is 2.81. The van der Waals surface area contributed by atoms with Crippen molar-refractivity contribution >= 4 is 0 Å². The molecule has 0 amide bonds. The number of halogens is 5. The summed E-state index contributed by atoms with van der Waals surface area (Å²) in [5.41, 5.74) is 1.01. The first-order valence-corrected chi connectivity index (χ1v) is 4.95. The van der Waals surface area contributed by atoms with Gasteiger partial charge in [0.05, 0.1) is 5.69 Å². The number of rotatable bonds is 3. The second kappa shape index (κ2) is 4.52. The summed E-state index contributed by atoms with van der Waals surface area (Å²) >= 11 is 0. The third-order valence-corrected chi connectivity index (χ3v) is 2.18. The lowest BCUT2D eigenvalue weighted by atomic mass is 10.2. The Morgan fingerprint density at radius 1 is 1.05 bits per heavy atom. The molecule has 0 fully saturated rings. The first-order chi connectivity index (χ1) is 8.79. The Morgan fingerprint density at radius 3 is 2.16 bits per heavy atom. The summed E-state index contributed by atoms with van der Waals surface area (Å²) in [7, 11) is 0. The van der Waals surface area contributed by atoms with Crippen molar-refractivity contribution in [2.24, 2.45) is 0 Å². The molecule has 0 aliphatic carbocycles. The van der Waals surface area contributed by atoms with E-state index in [-0.39, 0.29) is 0 Å². The number of nitrogens with one attached hydrogen (secondary N) is 1. The van der Waals surface area contributed by atoms with E-state index in [0.29, 0.717) is 11.3 Å². The minimum atomic E-state index is -5.76. The van der Waals surface area contributed by atoms with Gasteiger partial charge < -0.3 is 9.72 Å². The second-order valence-corrected chi connectivity index (χ2v) is 3.54. The van der Waals surface area contributed by atoms with Gasteiger partial charge in [-0.3, -0.25) is 0 Å². The van der Waals surface area contributed by atoms with Crippen LogP contribution >= 0.6 is 0 Å². The van der Waals surface area contributed by atoms with Crippen LogP contribution in [0.25, 0.3) is 11.3 Å². The average molecular weight is 277 g/mol. The predicted molar refractivity (Wildman–Crippen MR) is 54.5 cm³/mol. The molecule has 0 aliphatic rings. The molecule has 0 bridgehead atoms. The number of nitrogens with zero attached hydrogens (tertiary/aromatic N) is 1. The maximum absolute atomic E-state index is 12.6. The monoisotopic (exact) mass is 277 g/mol. The molecule has 2 aromatic rings. The Balaban J connectivity index is 2.16. The molecule has 8 heteroatoms. The zero-order valence-corrected chi connectivity index (χ0v) is 9.13. The van der Waals surface area contributed by atoms with Gasteiger partial charge in [-0.15, -0.1) is 0 Å². The lowest BCUT2D eigenvalue weighted by Crippen LogP contribution is -2.41. The maximum Gasteiger partial charge on any atom is 0.499 e. The molecular formula is C11H6F5N2O. The topological polar surface area (TPSA) is 37.9 Å². The van der Waals surface area contributed by atoms with Crippen LogP contribution < -0.4 is 4.74 Å². The molecule has 19 heavy (non-hydrogen) atoms. The predicted octanol–water partition coefficient (Wildman–Crippen LogP) is 3.41. The Kier molecular flexibility index (Phi) is 3.17. The molecule has 1 radical (unpaired) electrons. The molecule has 1 N–H and O–H groups in total. The largest absolute Gasteiger partial charge is 0.499 e. The van der Waals surface area contributed by atoms with Gasteiger partial charge in [0.25, 0.3) is 0 Å². The van der Waals surface area contributed by atoms with Gasteiger partial charge in [-0.2, -0.15) is 22.0 Å². The fraction of sp³-hybridized carbons (Fsp3) is 0.182. The van der Waals surface area contributed by atoms with Crippen molar-refractivity contribution in [3.05, 3.63) is 36.8 Å². The van der Waals surface area contributed by atoms with E-state index in [4.69, 9.17) is 0 Å². The van der Waals surface area contributed by atoms with E-state index in [1.807, 2.05) is 0 Å². The van der Waals surface area contributed by atoms with Gasteiger partial charge in [0.1, 0.15) is 5.75 Å². The zero-order valence-electron chi connectivity index (χ0n) is 9.13. The van der Waals surface area contributed by atoms with Crippen LogP contribution in [0.1, 0.15) is 0 Å². The number of hydrogen-bond acceptors (Lipinski definition) is 2. The number of aromatic amines is 1. The van der Waals surface area contributed by atoms with Crippen LogP contribution in [0, 0.1) is 6.33 Å². The summed E-state index contributed by atoms with van der Waals surface area (Å²) in [6, 6.07) is 4.63. The number of imidazole rings is 1. The Bertz CT molecular complexity index is 533. The molecule has 0 spiro atoms. The summed E-state index contributed by atoms with van der Waals surface area (Å²) < 4.78 is 64.7. The van der Waals surface area contributed by atoms with Crippen molar-refractivity contribution in [1.82, 2.24) is 9.97 Å². The highest BCUT2D eigenvalue weighted by molar-refractivity contribution is 5.58. The van der Waals surface area contributed by atoms with Crippen molar-refractivity contribution in [2.45, 2.75) is 12.3 Å². The Hall–Kier alpha value is -2.12. The van der Waals surface area contributed by atoms with Gasteiger partial charge in [0, 0.05) is 11.8 Å². The first-order valence-electron chi connectivity index (χ1n) is 4.95. The molecule has 1 aromatic carbocycles. The summed E-state index contributed by atoms with van der Waals surface area (Å²) in [6.07, 6.45) is -7.06. The van der Waals surface area contributed by atoms with Crippen molar-refractivity contribution < 1.29 is 26.7 Å². The molecule has 3 nitrogen and oxygen atoms in total. The SMILES string of the molecule is FC(F)(F)C(F)(F)Oc1ccc(-c2c[nH][c]n2)cc1. The second-order valence-electron chi connectivity index (χ2n) is 3.54. The molecule has 2 rings (SSSR count). The standard InChI is InChI=1S/C11H6F5N2O/c12-10(13,14)11(15,16)19-8-3-1-7(2-4-8)9-5-17-6-18-9/h1-5H,(H,17,18). The summed E-state index contributed by atoms with van der Waals surface area (Å²) in [6.45, 7) is 0. The minimum Gasteiger partial charge on any atom is -0.426 e. The van der Waals surface area contributed by atoms with Gasteiger partial charge >= 0.3 is 12.3 Å².